The van der Waals surface area contributed by atoms with Crippen LogP contribution in [0.5, 0.6) is 0 Å². The molecule has 0 saturated heterocycles. The van der Waals surface area contributed by atoms with Crippen LogP contribution in [0.3, 0.4) is 0 Å². The zero-order chi connectivity index (χ0) is 8.15. The Balaban J connectivity index is 0.000000371. The summed E-state index contributed by atoms with van der Waals surface area (Å²) in [4.78, 5) is 0. The molecule has 1 aromatic heterocycles. The molecule has 0 radical (unpaired) electrons. The highest BCUT2D eigenvalue weighted by molar-refractivity contribution is 5.44. The smallest absolute Gasteiger partial charge is 0.156 e. The molecular weight excluding hydrogens is 128 g/mol. The third-order valence-electron chi connectivity index (χ3n) is 1.09. The van der Waals surface area contributed by atoms with Crippen LogP contribution in [0.2, 0.25) is 0 Å². The molecule has 0 fully saturated rings. The number of rotatable bonds is 0. The van der Waals surface area contributed by atoms with Crippen LogP contribution in [-0.2, 0) is 0 Å². The van der Waals surface area contributed by atoms with Gasteiger partial charge in [0, 0.05) is 0 Å². The fourth-order valence-electron chi connectivity index (χ4n) is 0.490. The fraction of sp³-hybridized carbons (Fsp3) is 0.571. The maximum Gasteiger partial charge on any atom is 0.156 e. The van der Waals surface area contributed by atoms with Crippen molar-refractivity contribution < 1.29 is 4.52 Å². The van der Waals surface area contributed by atoms with Crippen molar-refractivity contribution in [1.82, 2.24) is 5.16 Å². The largest absolute Gasteiger partial charge is 0.394 e. The van der Waals surface area contributed by atoms with Crippen LogP contribution in [0, 0.1) is 13.8 Å². The average Bonchev–Trinajstić information content (AvgIpc) is 2.25. The molecule has 58 valence electrons. The Morgan fingerprint density at radius 3 is 1.90 bits per heavy atom. The van der Waals surface area contributed by atoms with E-state index in [0.29, 0.717) is 11.4 Å². The van der Waals surface area contributed by atoms with Crippen molar-refractivity contribution in [2.24, 2.45) is 0 Å². The first-order chi connectivity index (χ1) is 4.72. The predicted octanol–water partition coefficient (Wildman–Crippen LogP) is 1.90. The van der Waals surface area contributed by atoms with Crippen LogP contribution in [0.15, 0.2) is 4.52 Å². The fourth-order valence-corrected chi connectivity index (χ4v) is 0.490. The Morgan fingerprint density at radius 2 is 1.80 bits per heavy atom. The van der Waals surface area contributed by atoms with E-state index in [9.17, 15) is 0 Å². The number of nitrogens with zero attached hydrogens (tertiary/aromatic N) is 1. The Bertz CT molecular complexity index is 174. The molecule has 3 nitrogen and oxygen atoms in total. The summed E-state index contributed by atoms with van der Waals surface area (Å²) in [5.41, 5.74) is 6.87. The lowest BCUT2D eigenvalue weighted by atomic mass is 10.3. The maximum absolute atomic E-state index is 5.45. The lowest BCUT2D eigenvalue weighted by Crippen LogP contribution is -1.85. The molecule has 0 aliphatic carbocycles. The van der Waals surface area contributed by atoms with Gasteiger partial charge < -0.3 is 10.3 Å². The number of nitrogens with two attached hydrogens (primary N) is 1. The predicted molar refractivity (Wildman–Crippen MR) is 41.7 cm³/mol. The maximum atomic E-state index is 5.45. The standard InChI is InChI=1S/C5H8N2O.C2H6/c1-3-5(6)4(2)8-7-3;1-2/h6H2,1-2H3;1-2H3. The number of nitrogen functional groups attached to an aromatic ring is 1. The normalized spacial score (nSPS) is 8.40. The van der Waals surface area contributed by atoms with Crippen LogP contribution >= 0.6 is 0 Å². The Kier molecular flexibility index (Phi) is 3.54. The number of hydrogen-bond acceptors (Lipinski definition) is 3. The van der Waals surface area contributed by atoms with Crippen molar-refractivity contribution in [3.63, 3.8) is 0 Å². The van der Waals surface area contributed by atoms with Crippen LogP contribution in [0.4, 0.5) is 5.69 Å². The molecule has 0 unspecified atom stereocenters. The van der Waals surface area contributed by atoms with Crippen LogP contribution in [-0.4, -0.2) is 5.16 Å². The summed E-state index contributed by atoms with van der Waals surface area (Å²) in [5, 5.41) is 3.62. The molecule has 2 N–H and O–H groups in total. The van der Waals surface area contributed by atoms with E-state index >= 15 is 0 Å². The SMILES string of the molecule is CC.Cc1noc(C)c1N. The first kappa shape index (κ1) is 9.01. The van der Waals surface area contributed by atoms with Crippen LogP contribution in [0.1, 0.15) is 25.3 Å². The van der Waals surface area contributed by atoms with Crippen molar-refractivity contribution in [1.29, 1.82) is 0 Å². The second-order valence-electron chi connectivity index (χ2n) is 1.74. The van der Waals surface area contributed by atoms with Crippen molar-refractivity contribution >= 4 is 5.69 Å². The van der Waals surface area contributed by atoms with Gasteiger partial charge >= 0.3 is 0 Å². The number of aryl methyl sites for hydroxylation is 2. The van der Waals surface area contributed by atoms with Gasteiger partial charge in [0.25, 0.3) is 0 Å². The monoisotopic (exact) mass is 142 g/mol. The average molecular weight is 142 g/mol. The quantitative estimate of drug-likeness (QED) is 0.602. The van der Waals surface area contributed by atoms with Crippen molar-refractivity contribution in [2.75, 3.05) is 5.73 Å². The van der Waals surface area contributed by atoms with Gasteiger partial charge in [0.15, 0.2) is 5.76 Å². The van der Waals surface area contributed by atoms with Crippen LogP contribution < -0.4 is 5.73 Å². The molecule has 1 aromatic rings. The topological polar surface area (TPSA) is 52.0 Å². The zero-order valence-corrected chi connectivity index (χ0v) is 6.93. The number of anilines is 1. The highest BCUT2D eigenvalue weighted by Gasteiger charge is 2.01. The van der Waals surface area contributed by atoms with Crippen molar-refractivity contribution in [2.45, 2.75) is 27.7 Å². The molecule has 0 aliphatic rings. The van der Waals surface area contributed by atoms with Gasteiger partial charge in [-0.05, 0) is 13.8 Å². The molecule has 0 amide bonds. The first-order valence-corrected chi connectivity index (χ1v) is 3.40. The van der Waals surface area contributed by atoms with Gasteiger partial charge in [-0.25, -0.2) is 0 Å². The Morgan fingerprint density at radius 1 is 1.30 bits per heavy atom. The van der Waals surface area contributed by atoms with E-state index in [0.717, 1.165) is 5.69 Å². The van der Waals surface area contributed by atoms with E-state index in [-0.39, 0.29) is 0 Å². The summed E-state index contributed by atoms with van der Waals surface area (Å²) in [5.74, 6) is 0.697. The molecule has 1 rings (SSSR count). The molecular formula is C7H14N2O. The minimum absolute atomic E-state index is 0.657. The molecule has 0 saturated carbocycles. The first-order valence-electron chi connectivity index (χ1n) is 3.40. The second kappa shape index (κ2) is 3.93. The van der Waals surface area contributed by atoms with E-state index in [1.165, 1.54) is 0 Å². The highest BCUT2D eigenvalue weighted by Crippen LogP contribution is 2.12. The van der Waals surface area contributed by atoms with E-state index in [1.54, 1.807) is 6.92 Å². The zero-order valence-electron chi connectivity index (χ0n) is 6.93. The highest BCUT2D eigenvalue weighted by atomic mass is 16.5. The Labute approximate surface area is 61.2 Å². The summed E-state index contributed by atoms with van der Waals surface area (Å²) >= 11 is 0. The Hall–Kier alpha value is -0.990. The third kappa shape index (κ3) is 1.76. The van der Waals surface area contributed by atoms with Gasteiger partial charge in [-0.1, -0.05) is 19.0 Å². The van der Waals surface area contributed by atoms with Gasteiger partial charge in [0.2, 0.25) is 0 Å². The summed E-state index contributed by atoms with van der Waals surface area (Å²) < 4.78 is 4.72. The molecule has 10 heavy (non-hydrogen) atoms. The van der Waals surface area contributed by atoms with E-state index in [1.807, 2.05) is 20.8 Å². The molecule has 0 bridgehead atoms. The van der Waals surface area contributed by atoms with Crippen molar-refractivity contribution in [3.05, 3.63) is 11.5 Å². The van der Waals surface area contributed by atoms with Gasteiger partial charge in [-0.2, -0.15) is 0 Å². The lowest BCUT2D eigenvalue weighted by Gasteiger charge is -1.81. The molecule has 3 heteroatoms. The molecule has 0 aliphatic heterocycles. The lowest BCUT2D eigenvalue weighted by molar-refractivity contribution is 0.393. The summed E-state index contributed by atoms with van der Waals surface area (Å²) in [6, 6.07) is 0. The van der Waals surface area contributed by atoms with E-state index in [4.69, 9.17) is 10.3 Å². The van der Waals surface area contributed by atoms with Crippen LogP contribution in [0.25, 0.3) is 0 Å². The molecule has 0 spiro atoms. The molecule has 0 aromatic carbocycles. The van der Waals surface area contributed by atoms with Crippen molar-refractivity contribution in [3.8, 4) is 0 Å². The molecule has 0 atom stereocenters. The minimum atomic E-state index is 0.657. The van der Waals surface area contributed by atoms with Gasteiger partial charge in [0.1, 0.15) is 5.69 Å². The third-order valence-corrected chi connectivity index (χ3v) is 1.09. The van der Waals surface area contributed by atoms with E-state index < -0.39 is 0 Å². The summed E-state index contributed by atoms with van der Waals surface area (Å²) in [6.07, 6.45) is 0. The number of hydrogen-bond donors (Lipinski definition) is 1. The van der Waals surface area contributed by atoms with Gasteiger partial charge in [-0.3, -0.25) is 0 Å². The van der Waals surface area contributed by atoms with Gasteiger partial charge in [0.05, 0.1) is 5.69 Å². The van der Waals surface area contributed by atoms with E-state index in [2.05, 4.69) is 5.16 Å². The summed E-state index contributed by atoms with van der Waals surface area (Å²) in [6.45, 7) is 7.60. The summed E-state index contributed by atoms with van der Waals surface area (Å²) in [7, 11) is 0. The second-order valence-corrected chi connectivity index (χ2v) is 1.74. The molecule has 1 heterocycles. The minimum Gasteiger partial charge on any atom is -0.394 e. The van der Waals surface area contributed by atoms with Gasteiger partial charge in [-0.15, -0.1) is 0 Å². The number of aromatic nitrogens is 1.